The van der Waals surface area contributed by atoms with Gasteiger partial charge in [-0.15, -0.1) is 0 Å². The second-order valence-electron chi connectivity index (χ2n) is 5.52. The SMILES string of the molecule is CCC1CCC(C(O)COc2cccc(Cl)c2)CC1. The minimum atomic E-state index is -0.364. The monoisotopic (exact) mass is 282 g/mol. The van der Waals surface area contributed by atoms with Crippen molar-refractivity contribution in [2.75, 3.05) is 6.61 Å². The molecule has 0 radical (unpaired) electrons. The van der Waals surface area contributed by atoms with Gasteiger partial charge in [0, 0.05) is 5.02 Å². The lowest BCUT2D eigenvalue weighted by molar-refractivity contribution is 0.0339. The van der Waals surface area contributed by atoms with Crippen LogP contribution in [0.15, 0.2) is 24.3 Å². The molecule has 0 spiro atoms. The van der Waals surface area contributed by atoms with Gasteiger partial charge in [0.15, 0.2) is 0 Å². The molecule has 1 saturated carbocycles. The maximum Gasteiger partial charge on any atom is 0.120 e. The molecule has 1 atom stereocenters. The van der Waals surface area contributed by atoms with Gasteiger partial charge in [-0.1, -0.05) is 43.9 Å². The summed E-state index contributed by atoms with van der Waals surface area (Å²) in [7, 11) is 0. The van der Waals surface area contributed by atoms with Crippen LogP contribution in [0.1, 0.15) is 39.0 Å². The fourth-order valence-electron chi connectivity index (χ4n) is 2.86. The molecule has 19 heavy (non-hydrogen) atoms. The highest BCUT2D eigenvalue weighted by molar-refractivity contribution is 6.30. The molecule has 1 fully saturated rings. The summed E-state index contributed by atoms with van der Waals surface area (Å²) in [6.07, 6.45) is 5.64. The number of rotatable bonds is 5. The van der Waals surface area contributed by atoms with Gasteiger partial charge in [0.1, 0.15) is 12.4 Å². The average Bonchev–Trinajstić information content (AvgIpc) is 2.45. The lowest BCUT2D eigenvalue weighted by Gasteiger charge is -2.30. The second-order valence-corrected chi connectivity index (χ2v) is 5.96. The van der Waals surface area contributed by atoms with Crippen molar-refractivity contribution in [3.8, 4) is 5.75 Å². The van der Waals surface area contributed by atoms with E-state index in [2.05, 4.69) is 6.92 Å². The predicted molar refractivity (Wildman–Crippen MR) is 78.7 cm³/mol. The molecule has 106 valence electrons. The molecule has 2 rings (SSSR count). The van der Waals surface area contributed by atoms with Crippen LogP contribution in [0.5, 0.6) is 5.75 Å². The van der Waals surface area contributed by atoms with Crippen LogP contribution in [0, 0.1) is 11.8 Å². The van der Waals surface area contributed by atoms with Crippen LogP contribution in [0.2, 0.25) is 5.02 Å². The van der Waals surface area contributed by atoms with Gasteiger partial charge < -0.3 is 9.84 Å². The second kappa shape index (κ2) is 7.16. The molecule has 0 amide bonds. The van der Waals surface area contributed by atoms with E-state index in [1.54, 1.807) is 6.07 Å². The van der Waals surface area contributed by atoms with E-state index in [4.69, 9.17) is 16.3 Å². The Morgan fingerprint density at radius 3 is 2.68 bits per heavy atom. The summed E-state index contributed by atoms with van der Waals surface area (Å²) in [5, 5.41) is 10.9. The lowest BCUT2D eigenvalue weighted by Crippen LogP contribution is -2.30. The molecule has 0 aliphatic heterocycles. The molecule has 1 aromatic rings. The topological polar surface area (TPSA) is 29.5 Å². The van der Waals surface area contributed by atoms with E-state index < -0.39 is 0 Å². The van der Waals surface area contributed by atoms with Crippen LogP contribution in [-0.4, -0.2) is 17.8 Å². The Hall–Kier alpha value is -0.730. The fourth-order valence-corrected chi connectivity index (χ4v) is 3.04. The van der Waals surface area contributed by atoms with Crippen LogP contribution in [-0.2, 0) is 0 Å². The van der Waals surface area contributed by atoms with Gasteiger partial charge in [-0.25, -0.2) is 0 Å². The molecule has 1 aliphatic carbocycles. The van der Waals surface area contributed by atoms with E-state index >= 15 is 0 Å². The fraction of sp³-hybridized carbons (Fsp3) is 0.625. The van der Waals surface area contributed by atoms with Gasteiger partial charge in [0.05, 0.1) is 6.10 Å². The van der Waals surface area contributed by atoms with E-state index in [0.717, 1.165) is 24.5 Å². The minimum absolute atomic E-state index is 0.363. The van der Waals surface area contributed by atoms with Crippen molar-refractivity contribution < 1.29 is 9.84 Å². The molecule has 0 bridgehead atoms. The van der Waals surface area contributed by atoms with E-state index in [-0.39, 0.29) is 6.10 Å². The highest BCUT2D eigenvalue weighted by Crippen LogP contribution is 2.32. The van der Waals surface area contributed by atoms with Gasteiger partial charge in [-0.3, -0.25) is 0 Å². The summed E-state index contributed by atoms with van der Waals surface area (Å²) in [6, 6.07) is 7.32. The first kappa shape index (κ1) is 14.7. The first-order valence-electron chi connectivity index (χ1n) is 7.25. The molecular weight excluding hydrogens is 260 g/mol. The average molecular weight is 283 g/mol. The maximum absolute atomic E-state index is 10.2. The molecule has 2 nitrogen and oxygen atoms in total. The highest BCUT2D eigenvalue weighted by atomic mass is 35.5. The normalized spacial score (nSPS) is 25.0. The van der Waals surface area contributed by atoms with Crippen molar-refractivity contribution in [3.63, 3.8) is 0 Å². The number of aliphatic hydroxyl groups is 1. The molecule has 3 heteroatoms. The summed E-state index contributed by atoms with van der Waals surface area (Å²) in [4.78, 5) is 0. The smallest absolute Gasteiger partial charge is 0.120 e. The molecule has 1 unspecified atom stereocenters. The molecule has 0 saturated heterocycles. The summed E-state index contributed by atoms with van der Waals surface area (Å²) < 4.78 is 5.62. The van der Waals surface area contributed by atoms with Crippen LogP contribution >= 0.6 is 11.6 Å². The van der Waals surface area contributed by atoms with Crippen molar-refractivity contribution in [2.24, 2.45) is 11.8 Å². The van der Waals surface area contributed by atoms with Crippen LogP contribution < -0.4 is 4.74 Å². The Labute approximate surface area is 120 Å². The quantitative estimate of drug-likeness (QED) is 0.873. The first-order chi connectivity index (χ1) is 9.19. The molecule has 0 heterocycles. The zero-order valence-electron chi connectivity index (χ0n) is 11.5. The van der Waals surface area contributed by atoms with Gasteiger partial charge in [-0.05, 0) is 42.9 Å². The molecule has 1 N–H and O–H groups in total. The Balaban J connectivity index is 1.77. The summed E-state index contributed by atoms with van der Waals surface area (Å²) in [5.74, 6) is 1.98. The van der Waals surface area contributed by atoms with Crippen LogP contribution in [0.4, 0.5) is 0 Å². The molecule has 1 aliphatic rings. The lowest BCUT2D eigenvalue weighted by atomic mass is 9.78. The van der Waals surface area contributed by atoms with E-state index in [1.165, 1.54) is 19.3 Å². The van der Waals surface area contributed by atoms with E-state index in [1.807, 2.05) is 18.2 Å². The number of hydrogen-bond donors (Lipinski definition) is 1. The van der Waals surface area contributed by atoms with Gasteiger partial charge in [0.2, 0.25) is 0 Å². The number of benzene rings is 1. The molecular formula is C16H23ClO2. The Bertz CT molecular complexity index is 386. The summed E-state index contributed by atoms with van der Waals surface area (Å²) in [5.41, 5.74) is 0. The first-order valence-corrected chi connectivity index (χ1v) is 7.63. The third-order valence-corrected chi connectivity index (χ3v) is 4.46. The van der Waals surface area contributed by atoms with Gasteiger partial charge in [-0.2, -0.15) is 0 Å². The Morgan fingerprint density at radius 1 is 1.32 bits per heavy atom. The van der Waals surface area contributed by atoms with Gasteiger partial charge in [0.25, 0.3) is 0 Å². The van der Waals surface area contributed by atoms with Crippen LogP contribution in [0.25, 0.3) is 0 Å². The maximum atomic E-state index is 10.2. The van der Waals surface area contributed by atoms with Crippen molar-refractivity contribution in [3.05, 3.63) is 29.3 Å². The third kappa shape index (κ3) is 4.39. The number of aliphatic hydroxyl groups excluding tert-OH is 1. The summed E-state index contributed by atoms with van der Waals surface area (Å²) >= 11 is 5.90. The van der Waals surface area contributed by atoms with Crippen molar-refractivity contribution in [1.29, 1.82) is 0 Å². The zero-order valence-corrected chi connectivity index (χ0v) is 12.3. The predicted octanol–water partition coefficient (Wildman–Crippen LogP) is 4.30. The number of ether oxygens (including phenoxy) is 1. The summed E-state index contributed by atoms with van der Waals surface area (Å²) in [6.45, 7) is 2.62. The third-order valence-electron chi connectivity index (χ3n) is 4.23. The van der Waals surface area contributed by atoms with Crippen LogP contribution in [0.3, 0.4) is 0 Å². The van der Waals surface area contributed by atoms with E-state index in [9.17, 15) is 5.11 Å². The zero-order chi connectivity index (χ0) is 13.7. The van der Waals surface area contributed by atoms with Gasteiger partial charge >= 0.3 is 0 Å². The van der Waals surface area contributed by atoms with Crippen molar-refractivity contribution in [2.45, 2.75) is 45.1 Å². The Morgan fingerprint density at radius 2 is 2.05 bits per heavy atom. The highest BCUT2D eigenvalue weighted by Gasteiger charge is 2.26. The number of hydrogen-bond acceptors (Lipinski definition) is 2. The van der Waals surface area contributed by atoms with Crippen molar-refractivity contribution in [1.82, 2.24) is 0 Å². The van der Waals surface area contributed by atoms with E-state index in [0.29, 0.717) is 17.5 Å². The number of halogens is 1. The Kier molecular flexibility index (Phi) is 5.53. The minimum Gasteiger partial charge on any atom is -0.491 e. The largest absolute Gasteiger partial charge is 0.491 e. The van der Waals surface area contributed by atoms with Crippen molar-refractivity contribution >= 4 is 11.6 Å². The molecule has 0 aromatic heterocycles. The standard InChI is InChI=1S/C16H23ClO2/c1-2-12-6-8-13(9-7-12)16(18)11-19-15-5-3-4-14(17)10-15/h3-5,10,12-13,16,18H,2,6-9,11H2,1H3. The molecule has 1 aromatic carbocycles.